The van der Waals surface area contributed by atoms with Crippen LogP contribution in [-0.2, 0) is 4.79 Å². The fourth-order valence-electron chi connectivity index (χ4n) is 5.37. The molecule has 3 heterocycles. The van der Waals surface area contributed by atoms with Crippen molar-refractivity contribution >= 4 is 22.8 Å². The zero-order chi connectivity index (χ0) is 29.7. The lowest BCUT2D eigenvalue weighted by molar-refractivity contribution is -0.168. The van der Waals surface area contributed by atoms with Gasteiger partial charge in [-0.25, -0.2) is 40.3 Å². The summed E-state index contributed by atoms with van der Waals surface area (Å²) in [5.74, 6) is -11.2. The number of aryl methyl sites for hydroxylation is 1. The van der Waals surface area contributed by atoms with Crippen molar-refractivity contribution in [2.24, 2.45) is 5.92 Å². The Labute approximate surface area is 227 Å². The second-order valence-electron chi connectivity index (χ2n) is 10.6. The maximum atomic E-state index is 15.8. The predicted octanol–water partition coefficient (Wildman–Crippen LogP) is 4.91. The SMILES string of the molecule is Cc1nonc1C(=O)N[C@H](c1nc2c(F)c([C@H](CC(F)F)C(=O)N3CC(F)(F)C3)ccc2[nH]1)C1CCC(F)(F)CC1. The Morgan fingerprint density at radius 2 is 1.80 bits per heavy atom. The van der Waals surface area contributed by atoms with E-state index in [2.05, 4.69) is 30.2 Å². The number of carbonyl (C=O) groups excluding carboxylic acids is 2. The lowest BCUT2D eigenvalue weighted by Crippen LogP contribution is -2.59. The summed E-state index contributed by atoms with van der Waals surface area (Å²) in [6.07, 6.45) is -5.01. The van der Waals surface area contributed by atoms with Gasteiger partial charge in [0.25, 0.3) is 11.8 Å². The molecule has 1 aromatic carbocycles. The largest absolute Gasteiger partial charge is 0.340 e. The first-order valence-electron chi connectivity index (χ1n) is 12.9. The van der Waals surface area contributed by atoms with Gasteiger partial charge in [0, 0.05) is 24.8 Å². The second kappa shape index (κ2) is 10.6. The summed E-state index contributed by atoms with van der Waals surface area (Å²) >= 11 is 0. The monoisotopic (exact) mass is 590 g/mol. The number of amides is 2. The summed E-state index contributed by atoms with van der Waals surface area (Å²) in [5, 5.41) is 9.76. The van der Waals surface area contributed by atoms with Crippen LogP contribution >= 0.6 is 0 Å². The van der Waals surface area contributed by atoms with Crippen molar-refractivity contribution in [3.8, 4) is 0 Å². The van der Waals surface area contributed by atoms with Crippen LogP contribution in [0.4, 0.5) is 30.7 Å². The Morgan fingerprint density at radius 1 is 1.12 bits per heavy atom. The maximum Gasteiger partial charge on any atom is 0.282 e. The molecule has 5 rings (SSSR count). The van der Waals surface area contributed by atoms with Gasteiger partial charge in [-0.2, -0.15) is 0 Å². The minimum atomic E-state index is -3.15. The Kier molecular flexibility index (Phi) is 7.44. The van der Waals surface area contributed by atoms with Gasteiger partial charge in [0.1, 0.15) is 17.0 Å². The number of nitrogens with zero attached hydrogens (tertiary/aromatic N) is 4. The van der Waals surface area contributed by atoms with E-state index in [4.69, 9.17) is 0 Å². The molecule has 2 amide bonds. The van der Waals surface area contributed by atoms with Crippen LogP contribution in [0.1, 0.15) is 71.6 Å². The molecule has 1 aliphatic carbocycles. The van der Waals surface area contributed by atoms with E-state index in [9.17, 15) is 35.9 Å². The molecule has 0 unspecified atom stereocenters. The number of hydrogen-bond donors (Lipinski definition) is 2. The third kappa shape index (κ3) is 5.86. The number of halogens is 7. The molecule has 2 fully saturated rings. The van der Waals surface area contributed by atoms with Gasteiger partial charge in [-0.3, -0.25) is 9.59 Å². The molecule has 2 atom stereocenters. The van der Waals surface area contributed by atoms with E-state index in [0.717, 1.165) is 6.07 Å². The third-order valence-electron chi connectivity index (χ3n) is 7.57. The summed E-state index contributed by atoms with van der Waals surface area (Å²) in [4.78, 5) is 33.5. The Balaban J connectivity index is 1.49. The Hall–Kier alpha value is -3.72. The highest BCUT2D eigenvalue weighted by molar-refractivity contribution is 5.93. The first kappa shape index (κ1) is 28.8. The minimum Gasteiger partial charge on any atom is -0.340 e. The lowest BCUT2D eigenvalue weighted by Gasteiger charge is -2.40. The van der Waals surface area contributed by atoms with Crippen molar-refractivity contribution in [3.63, 3.8) is 0 Å². The Bertz CT molecular complexity index is 1440. The van der Waals surface area contributed by atoms with Crippen LogP contribution < -0.4 is 5.32 Å². The number of rotatable bonds is 8. The van der Waals surface area contributed by atoms with Crippen molar-refractivity contribution in [3.05, 3.63) is 40.7 Å². The van der Waals surface area contributed by atoms with E-state index in [1.165, 1.54) is 13.0 Å². The fourth-order valence-corrected chi connectivity index (χ4v) is 5.37. The summed E-state index contributed by atoms with van der Waals surface area (Å²) in [5.41, 5.74) is -0.687. The van der Waals surface area contributed by atoms with E-state index in [-0.39, 0.29) is 41.1 Å². The number of nitrogens with one attached hydrogen (secondary N) is 2. The van der Waals surface area contributed by atoms with Crippen molar-refractivity contribution in [1.82, 2.24) is 30.5 Å². The molecule has 0 spiro atoms. The summed E-state index contributed by atoms with van der Waals surface area (Å²) in [7, 11) is 0. The molecular formula is C25H25F7N6O3. The number of H-pyrrole nitrogens is 1. The number of aromatic amines is 1. The van der Waals surface area contributed by atoms with Gasteiger partial charge in [0.2, 0.25) is 18.3 Å². The van der Waals surface area contributed by atoms with E-state index < -0.39 is 91.7 Å². The number of alkyl halides is 6. The molecular weight excluding hydrogens is 565 g/mol. The normalized spacial score (nSPS) is 20.2. The summed E-state index contributed by atoms with van der Waals surface area (Å²) < 4.78 is 102. The molecule has 1 saturated carbocycles. The average Bonchev–Trinajstić information content (AvgIpc) is 3.51. The molecule has 9 nitrogen and oxygen atoms in total. The number of likely N-dealkylation sites (tertiary alicyclic amines) is 1. The number of aromatic nitrogens is 4. The molecule has 222 valence electrons. The van der Waals surface area contributed by atoms with Gasteiger partial charge in [0.05, 0.1) is 30.6 Å². The smallest absolute Gasteiger partial charge is 0.282 e. The van der Waals surface area contributed by atoms with E-state index in [1.54, 1.807) is 0 Å². The van der Waals surface area contributed by atoms with Gasteiger partial charge in [-0.05, 0) is 36.9 Å². The van der Waals surface area contributed by atoms with Crippen molar-refractivity contribution in [2.45, 2.75) is 69.3 Å². The topological polar surface area (TPSA) is 117 Å². The highest BCUT2D eigenvalue weighted by atomic mass is 19.3. The zero-order valence-corrected chi connectivity index (χ0v) is 21.6. The van der Waals surface area contributed by atoms with Crippen molar-refractivity contribution < 1.29 is 45.0 Å². The van der Waals surface area contributed by atoms with E-state index >= 15 is 4.39 Å². The zero-order valence-electron chi connectivity index (χ0n) is 21.6. The van der Waals surface area contributed by atoms with Crippen LogP contribution in [0.2, 0.25) is 0 Å². The molecule has 1 saturated heterocycles. The van der Waals surface area contributed by atoms with E-state index in [1.807, 2.05) is 0 Å². The van der Waals surface area contributed by atoms with Gasteiger partial charge in [-0.1, -0.05) is 11.2 Å². The average molecular weight is 591 g/mol. The highest BCUT2D eigenvalue weighted by Gasteiger charge is 2.48. The highest BCUT2D eigenvalue weighted by Crippen LogP contribution is 2.42. The fraction of sp³-hybridized carbons (Fsp3) is 0.560. The lowest BCUT2D eigenvalue weighted by atomic mass is 9.81. The van der Waals surface area contributed by atoms with Gasteiger partial charge < -0.3 is 15.2 Å². The molecule has 3 aromatic rings. The number of imidazole rings is 1. The molecule has 2 aromatic heterocycles. The van der Waals surface area contributed by atoms with Crippen LogP contribution in [0.25, 0.3) is 11.0 Å². The van der Waals surface area contributed by atoms with Crippen LogP contribution in [0.3, 0.4) is 0 Å². The van der Waals surface area contributed by atoms with Gasteiger partial charge in [0.15, 0.2) is 11.5 Å². The van der Waals surface area contributed by atoms with Crippen LogP contribution in [0.15, 0.2) is 16.8 Å². The number of fused-ring (bicyclic) bond motifs is 1. The van der Waals surface area contributed by atoms with Crippen LogP contribution in [-0.4, -0.2) is 68.4 Å². The molecule has 1 aliphatic heterocycles. The molecule has 2 aliphatic rings. The number of carbonyl (C=O) groups is 2. The molecule has 41 heavy (non-hydrogen) atoms. The standard InChI is InChI=1S/C25H25F7N6O3/c1-11-18(37-41-36-11)22(39)35-19(12-4-6-24(29,30)7-5-12)21-33-15-3-2-13(17(28)20(15)34-21)14(8-16(26)27)23(40)38-9-25(31,32)10-38/h2-3,12,14,16,19H,4-10H2,1H3,(H,33,34)(H,35,39)/t14-,19-/m0/s1. The first-order chi connectivity index (χ1) is 19.2. The first-order valence-corrected chi connectivity index (χ1v) is 12.9. The number of hydrogen-bond acceptors (Lipinski definition) is 6. The van der Waals surface area contributed by atoms with Crippen molar-refractivity contribution in [1.29, 1.82) is 0 Å². The van der Waals surface area contributed by atoms with Crippen LogP contribution in [0.5, 0.6) is 0 Å². The minimum absolute atomic E-state index is 0.00417. The second-order valence-corrected chi connectivity index (χ2v) is 10.6. The summed E-state index contributed by atoms with van der Waals surface area (Å²) in [6, 6.07) is 1.38. The Morgan fingerprint density at radius 3 is 2.39 bits per heavy atom. The number of benzene rings is 1. The predicted molar refractivity (Wildman–Crippen MR) is 127 cm³/mol. The maximum absolute atomic E-state index is 15.8. The third-order valence-corrected chi connectivity index (χ3v) is 7.57. The molecule has 0 bridgehead atoms. The quantitative estimate of drug-likeness (QED) is 0.361. The van der Waals surface area contributed by atoms with Gasteiger partial charge in [-0.15, -0.1) is 0 Å². The van der Waals surface area contributed by atoms with Crippen molar-refractivity contribution in [2.75, 3.05) is 13.1 Å². The molecule has 2 N–H and O–H groups in total. The molecule has 0 radical (unpaired) electrons. The summed E-state index contributed by atoms with van der Waals surface area (Å²) in [6.45, 7) is -0.438. The molecule has 16 heteroatoms. The van der Waals surface area contributed by atoms with Gasteiger partial charge >= 0.3 is 0 Å². The van der Waals surface area contributed by atoms with Crippen LogP contribution in [0, 0.1) is 18.7 Å². The van der Waals surface area contributed by atoms with E-state index in [0.29, 0.717) is 4.90 Å².